The molecule has 4 nitrogen and oxygen atoms in total. The van der Waals surface area contributed by atoms with Gasteiger partial charge in [0.15, 0.2) is 0 Å². The molecule has 0 saturated carbocycles. The SMILES string of the molecule is Cc1coc2ccc(C3=CC=NC(C)N3[C@@H](C)c3cccc(-c4cnccc4Cl)c3)cc12. The number of nitrogens with zero attached hydrogens (tertiary/aromatic N) is 3. The highest BCUT2D eigenvalue weighted by molar-refractivity contribution is 6.33. The third-order valence-electron chi connectivity index (χ3n) is 6.14. The summed E-state index contributed by atoms with van der Waals surface area (Å²) in [6, 6.07) is 16.8. The predicted molar refractivity (Wildman–Crippen MR) is 132 cm³/mol. The summed E-state index contributed by atoms with van der Waals surface area (Å²) in [6.07, 6.45) is 9.34. The van der Waals surface area contributed by atoms with Gasteiger partial charge in [-0.05, 0) is 79.4 Å². The van der Waals surface area contributed by atoms with Crippen LogP contribution in [0.2, 0.25) is 5.02 Å². The lowest BCUT2D eigenvalue weighted by molar-refractivity contribution is 0.252. The Bertz CT molecular complexity index is 1350. The van der Waals surface area contributed by atoms with Gasteiger partial charge in [0.2, 0.25) is 0 Å². The Hall–Kier alpha value is -3.37. The van der Waals surface area contributed by atoms with Crippen molar-refractivity contribution in [2.75, 3.05) is 0 Å². The maximum atomic E-state index is 6.43. The van der Waals surface area contributed by atoms with Crippen molar-refractivity contribution in [3.8, 4) is 11.1 Å². The fraction of sp³-hybridized carbons (Fsp3) is 0.185. The largest absolute Gasteiger partial charge is 0.464 e. The standard InChI is InChI=1S/C27H24ClN3O/c1-17-16-32-27-8-7-22(14-23(17)27)26-10-12-30-19(3)31(26)18(2)20-5-4-6-21(13-20)24-15-29-11-9-25(24)28/h4-16,18-19H,1-3H3/t18-,19?/m0/s1. The van der Waals surface area contributed by atoms with Crippen molar-refractivity contribution in [3.63, 3.8) is 0 Å². The molecule has 0 fully saturated rings. The quantitative estimate of drug-likeness (QED) is 0.334. The first-order chi connectivity index (χ1) is 15.5. The molecule has 1 aliphatic rings. The number of fused-ring (bicyclic) bond motifs is 1. The van der Waals surface area contributed by atoms with E-state index in [1.165, 1.54) is 5.56 Å². The van der Waals surface area contributed by atoms with Gasteiger partial charge >= 0.3 is 0 Å². The fourth-order valence-electron chi connectivity index (χ4n) is 4.41. The Labute approximate surface area is 192 Å². The Morgan fingerprint density at radius 1 is 1.09 bits per heavy atom. The molecule has 160 valence electrons. The number of aliphatic imine (C=N–C) groups is 1. The van der Waals surface area contributed by atoms with Crippen molar-refractivity contribution < 1.29 is 4.42 Å². The topological polar surface area (TPSA) is 41.6 Å². The maximum absolute atomic E-state index is 6.43. The zero-order chi connectivity index (χ0) is 22.2. The minimum Gasteiger partial charge on any atom is -0.464 e. The summed E-state index contributed by atoms with van der Waals surface area (Å²) >= 11 is 6.43. The molecule has 1 aliphatic heterocycles. The second kappa shape index (κ2) is 8.29. The van der Waals surface area contributed by atoms with E-state index in [0.29, 0.717) is 5.02 Å². The lowest BCUT2D eigenvalue weighted by Gasteiger charge is -2.38. The number of allylic oxidation sites excluding steroid dienone is 1. The van der Waals surface area contributed by atoms with Crippen LogP contribution in [-0.4, -0.2) is 22.3 Å². The number of pyridine rings is 1. The number of benzene rings is 2. The fourth-order valence-corrected chi connectivity index (χ4v) is 4.62. The van der Waals surface area contributed by atoms with E-state index >= 15 is 0 Å². The summed E-state index contributed by atoms with van der Waals surface area (Å²) in [6.45, 7) is 6.42. The van der Waals surface area contributed by atoms with Gasteiger partial charge < -0.3 is 9.32 Å². The highest BCUT2D eigenvalue weighted by Gasteiger charge is 2.26. The van der Waals surface area contributed by atoms with Crippen molar-refractivity contribution in [1.29, 1.82) is 0 Å². The molecule has 0 spiro atoms. The van der Waals surface area contributed by atoms with Crippen LogP contribution in [-0.2, 0) is 0 Å². The van der Waals surface area contributed by atoms with Crippen molar-refractivity contribution >= 4 is 34.5 Å². The van der Waals surface area contributed by atoms with Crippen LogP contribution in [0.15, 0.2) is 82.7 Å². The summed E-state index contributed by atoms with van der Waals surface area (Å²) in [7, 11) is 0. The van der Waals surface area contributed by atoms with E-state index < -0.39 is 0 Å². The van der Waals surface area contributed by atoms with Gasteiger partial charge in [0.05, 0.1) is 17.3 Å². The van der Waals surface area contributed by atoms with Gasteiger partial charge in [-0.3, -0.25) is 9.98 Å². The predicted octanol–water partition coefficient (Wildman–Crippen LogP) is 7.29. The van der Waals surface area contributed by atoms with Crippen LogP contribution < -0.4 is 0 Å². The van der Waals surface area contributed by atoms with E-state index in [1.54, 1.807) is 6.20 Å². The van der Waals surface area contributed by atoms with Crippen LogP contribution in [0.5, 0.6) is 0 Å². The van der Waals surface area contributed by atoms with Crippen molar-refractivity contribution in [1.82, 2.24) is 9.88 Å². The van der Waals surface area contributed by atoms with Gasteiger partial charge in [0.1, 0.15) is 11.7 Å². The van der Waals surface area contributed by atoms with Gasteiger partial charge in [-0.25, -0.2) is 0 Å². The minimum atomic E-state index is 0.0109. The third kappa shape index (κ3) is 3.61. The average Bonchev–Trinajstić information content (AvgIpc) is 3.19. The molecule has 1 unspecified atom stereocenters. The van der Waals surface area contributed by atoms with Crippen LogP contribution in [0.4, 0.5) is 0 Å². The monoisotopic (exact) mass is 441 g/mol. The van der Waals surface area contributed by atoms with E-state index in [2.05, 4.69) is 78.1 Å². The molecule has 32 heavy (non-hydrogen) atoms. The second-order valence-electron chi connectivity index (χ2n) is 8.18. The van der Waals surface area contributed by atoms with Crippen LogP contribution in [0.3, 0.4) is 0 Å². The Kier molecular flexibility index (Phi) is 5.32. The molecule has 2 atom stereocenters. The minimum absolute atomic E-state index is 0.0109. The Morgan fingerprint density at radius 3 is 2.81 bits per heavy atom. The molecular formula is C27H24ClN3O. The van der Waals surface area contributed by atoms with E-state index in [0.717, 1.165) is 38.9 Å². The highest BCUT2D eigenvalue weighted by Crippen LogP contribution is 2.37. The number of aromatic nitrogens is 1. The first-order valence-corrected chi connectivity index (χ1v) is 11.1. The number of hydrogen-bond donors (Lipinski definition) is 0. The zero-order valence-corrected chi connectivity index (χ0v) is 19.0. The molecule has 3 heterocycles. The second-order valence-corrected chi connectivity index (χ2v) is 8.58. The van der Waals surface area contributed by atoms with Crippen LogP contribution >= 0.6 is 11.6 Å². The van der Waals surface area contributed by atoms with Crippen LogP contribution in [0, 0.1) is 6.92 Å². The summed E-state index contributed by atoms with van der Waals surface area (Å²) in [4.78, 5) is 11.3. The number of halogens is 1. The van der Waals surface area contributed by atoms with Gasteiger partial charge in [0.25, 0.3) is 0 Å². The molecule has 0 amide bonds. The van der Waals surface area contributed by atoms with Gasteiger partial charge in [-0.1, -0.05) is 29.8 Å². The summed E-state index contributed by atoms with van der Waals surface area (Å²) in [5, 5.41) is 1.84. The van der Waals surface area contributed by atoms with Crippen molar-refractivity contribution in [2.45, 2.75) is 33.0 Å². The number of aryl methyl sites for hydroxylation is 1. The smallest absolute Gasteiger partial charge is 0.134 e. The lowest BCUT2D eigenvalue weighted by atomic mass is 9.97. The maximum Gasteiger partial charge on any atom is 0.134 e. The third-order valence-corrected chi connectivity index (χ3v) is 6.47. The van der Waals surface area contributed by atoms with Gasteiger partial charge in [-0.2, -0.15) is 0 Å². The molecule has 0 radical (unpaired) electrons. The van der Waals surface area contributed by atoms with Gasteiger partial charge in [-0.15, -0.1) is 0 Å². The molecule has 0 aliphatic carbocycles. The number of hydrogen-bond acceptors (Lipinski definition) is 4. The molecule has 0 N–H and O–H groups in total. The van der Waals surface area contributed by atoms with Crippen molar-refractivity contribution in [2.24, 2.45) is 4.99 Å². The van der Waals surface area contributed by atoms with Gasteiger partial charge in [0, 0.05) is 35.3 Å². The molecule has 2 aromatic heterocycles. The molecular weight excluding hydrogens is 418 g/mol. The summed E-state index contributed by atoms with van der Waals surface area (Å²) in [5.41, 5.74) is 7.53. The molecule has 0 saturated heterocycles. The lowest BCUT2D eigenvalue weighted by Crippen LogP contribution is -2.34. The molecule has 0 bridgehead atoms. The summed E-state index contributed by atoms with van der Waals surface area (Å²) in [5.74, 6) is 0. The first-order valence-electron chi connectivity index (χ1n) is 10.7. The number of rotatable bonds is 4. The Balaban J connectivity index is 1.54. The van der Waals surface area contributed by atoms with Crippen molar-refractivity contribution in [3.05, 3.63) is 95.0 Å². The molecule has 5 rings (SSSR count). The van der Waals surface area contributed by atoms with Crippen LogP contribution in [0.25, 0.3) is 27.8 Å². The number of furan rings is 1. The van der Waals surface area contributed by atoms with E-state index in [4.69, 9.17) is 16.0 Å². The first kappa shape index (κ1) is 20.5. The van der Waals surface area contributed by atoms with E-state index in [-0.39, 0.29) is 12.2 Å². The normalized spacial score (nSPS) is 16.9. The molecule has 4 aromatic rings. The Morgan fingerprint density at radius 2 is 1.97 bits per heavy atom. The average molecular weight is 442 g/mol. The van der Waals surface area contributed by atoms with Crippen LogP contribution in [0.1, 0.15) is 36.6 Å². The zero-order valence-electron chi connectivity index (χ0n) is 18.3. The summed E-state index contributed by atoms with van der Waals surface area (Å²) < 4.78 is 5.65. The highest BCUT2D eigenvalue weighted by atomic mass is 35.5. The molecule has 2 aromatic carbocycles. The van der Waals surface area contributed by atoms with E-state index in [1.807, 2.05) is 30.8 Å². The van der Waals surface area contributed by atoms with E-state index in [9.17, 15) is 0 Å². The molecule has 5 heteroatoms.